The SMILES string of the molecule is NN1C(=O)O[C@@H]2CCCCCC[C@H]21. The van der Waals surface area contributed by atoms with Crippen molar-refractivity contribution < 1.29 is 9.53 Å². The standard InChI is InChI=1S/C9H16N2O2/c10-11-7-5-3-1-2-4-6-8(7)13-9(11)12/h7-8H,1-6,10H2/t7-,8-/m1/s1. The summed E-state index contributed by atoms with van der Waals surface area (Å²) in [6.07, 6.45) is 6.50. The molecule has 1 heterocycles. The summed E-state index contributed by atoms with van der Waals surface area (Å²) < 4.78 is 5.18. The topological polar surface area (TPSA) is 55.6 Å². The summed E-state index contributed by atoms with van der Waals surface area (Å²) in [5.74, 6) is 5.61. The third-order valence-corrected chi connectivity index (χ3v) is 2.99. The minimum Gasteiger partial charge on any atom is -0.443 e. The maximum atomic E-state index is 11.1. The molecule has 2 aliphatic rings. The van der Waals surface area contributed by atoms with Gasteiger partial charge in [-0.15, -0.1) is 0 Å². The van der Waals surface area contributed by atoms with Gasteiger partial charge in [-0.3, -0.25) is 0 Å². The first-order chi connectivity index (χ1) is 6.29. The minimum absolute atomic E-state index is 0.0535. The number of nitrogens with zero attached hydrogens (tertiary/aromatic N) is 1. The molecule has 4 heteroatoms. The molecule has 1 aliphatic heterocycles. The van der Waals surface area contributed by atoms with Crippen LogP contribution in [0.3, 0.4) is 0 Å². The molecule has 0 aromatic carbocycles. The number of fused-ring (bicyclic) bond motifs is 1. The van der Waals surface area contributed by atoms with E-state index in [1.54, 1.807) is 0 Å². The Hall–Kier alpha value is -0.770. The summed E-state index contributed by atoms with van der Waals surface area (Å²) in [5.41, 5.74) is 0. The minimum atomic E-state index is -0.350. The van der Waals surface area contributed by atoms with E-state index in [9.17, 15) is 4.79 Å². The Labute approximate surface area is 78.0 Å². The fourth-order valence-corrected chi connectivity index (χ4v) is 2.21. The molecule has 0 spiro atoms. The van der Waals surface area contributed by atoms with E-state index in [-0.39, 0.29) is 18.2 Å². The van der Waals surface area contributed by atoms with Crippen LogP contribution in [0.15, 0.2) is 0 Å². The molecule has 74 valence electrons. The van der Waals surface area contributed by atoms with Gasteiger partial charge in [-0.2, -0.15) is 0 Å². The molecular weight excluding hydrogens is 168 g/mol. The summed E-state index contributed by atoms with van der Waals surface area (Å²) in [4.78, 5) is 11.1. The molecular formula is C9H16N2O2. The highest BCUT2D eigenvalue weighted by Crippen LogP contribution is 2.27. The van der Waals surface area contributed by atoms with Crippen molar-refractivity contribution in [3.8, 4) is 0 Å². The lowest BCUT2D eigenvalue weighted by molar-refractivity contribution is 0.119. The zero-order chi connectivity index (χ0) is 9.26. The molecule has 1 saturated heterocycles. The van der Waals surface area contributed by atoms with Gasteiger partial charge in [-0.1, -0.05) is 19.3 Å². The van der Waals surface area contributed by atoms with Crippen molar-refractivity contribution in [2.75, 3.05) is 0 Å². The lowest BCUT2D eigenvalue weighted by Crippen LogP contribution is -2.42. The number of ether oxygens (including phenoxy) is 1. The van der Waals surface area contributed by atoms with Gasteiger partial charge in [0, 0.05) is 0 Å². The van der Waals surface area contributed by atoms with E-state index < -0.39 is 0 Å². The second-order valence-corrected chi connectivity index (χ2v) is 3.89. The summed E-state index contributed by atoms with van der Waals surface area (Å²) in [5, 5.41) is 1.27. The van der Waals surface area contributed by atoms with Crippen LogP contribution in [0.25, 0.3) is 0 Å². The van der Waals surface area contributed by atoms with E-state index in [2.05, 4.69) is 0 Å². The molecule has 1 amide bonds. The lowest BCUT2D eigenvalue weighted by Gasteiger charge is -2.22. The Kier molecular flexibility index (Phi) is 2.40. The fraction of sp³-hybridized carbons (Fsp3) is 0.889. The highest BCUT2D eigenvalue weighted by molar-refractivity contribution is 5.69. The van der Waals surface area contributed by atoms with Gasteiger partial charge >= 0.3 is 6.09 Å². The third-order valence-electron chi connectivity index (χ3n) is 2.99. The second kappa shape index (κ2) is 3.54. The smallest absolute Gasteiger partial charge is 0.424 e. The van der Waals surface area contributed by atoms with Gasteiger partial charge in [-0.25, -0.2) is 15.6 Å². The van der Waals surface area contributed by atoms with Crippen LogP contribution in [0, 0.1) is 0 Å². The normalized spacial score (nSPS) is 34.8. The van der Waals surface area contributed by atoms with Gasteiger partial charge in [0.15, 0.2) is 0 Å². The van der Waals surface area contributed by atoms with Gasteiger partial charge in [0.2, 0.25) is 0 Å². The van der Waals surface area contributed by atoms with E-state index in [1.807, 2.05) is 0 Å². The monoisotopic (exact) mass is 184 g/mol. The molecule has 0 aromatic rings. The molecule has 4 nitrogen and oxygen atoms in total. The van der Waals surface area contributed by atoms with E-state index in [0.717, 1.165) is 25.7 Å². The molecule has 0 radical (unpaired) electrons. The van der Waals surface area contributed by atoms with Crippen LogP contribution >= 0.6 is 0 Å². The van der Waals surface area contributed by atoms with Crippen molar-refractivity contribution in [3.05, 3.63) is 0 Å². The predicted molar refractivity (Wildman–Crippen MR) is 47.8 cm³/mol. The highest BCUT2D eigenvalue weighted by atomic mass is 16.6. The zero-order valence-corrected chi connectivity index (χ0v) is 7.74. The van der Waals surface area contributed by atoms with Crippen LogP contribution in [0.5, 0.6) is 0 Å². The van der Waals surface area contributed by atoms with Gasteiger partial charge in [-0.05, 0) is 19.3 Å². The van der Waals surface area contributed by atoms with Crippen LogP contribution in [-0.4, -0.2) is 23.2 Å². The second-order valence-electron chi connectivity index (χ2n) is 3.89. The van der Waals surface area contributed by atoms with Crippen molar-refractivity contribution in [1.29, 1.82) is 0 Å². The summed E-state index contributed by atoms with van der Waals surface area (Å²) in [6, 6.07) is 0.132. The van der Waals surface area contributed by atoms with Crippen LogP contribution in [0.2, 0.25) is 0 Å². The molecule has 2 fully saturated rings. The van der Waals surface area contributed by atoms with E-state index >= 15 is 0 Å². The molecule has 2 atom stereocenters. The maximum absolute atomic E-state index is 11.1. The number of amides is 1. The molecule has 2 N–H and O–H groups in total. The Morgan fingerprint density at radius 3 is 2.69 bits per heavy atom. The van der Waals surface area contributed by atoms with E-state index in [1.165, 1.54) is 17.9 Å². The summed E-state index contributed by atoms with van der Waals surface area (Å²) in [6.45, 7) is 0. The Morgan fingerprint density at radius 2 is 1.92 bits per heavy atom. The Bertz CT molecular complexity index is 208. The Morgan fingerprint density at radius 1 is 1.23 bits per heavy atom. The summed E-state index contributed by atoms with van der Waals surface area (Å²) in [7, 11) is 0. The highest BCUT2D eigenvalue weighted by Gasteiger charge is 2.39. The van der Waals surface area contributed by atoms with Gasteiger partial charge < -0.3 is 4.74 Å². The zero-order valence-electron chi connectivity index (χ0n) is 7.74. The van der Waals surface area contributed by atoms with Crippen molar-refractivity contribution in [3.63, 3.8) is 0 Å². The molecule has 0 unspecified atom stereocenters. The fourth-order valence-electron chi connectivity index (χ4n) is 2.21. The van der Waals surface area contributed by atoms with Crippen molar-refractivity contribution in [2.45, 2.75) is 50.7 Å². The van der Waals surface area contributed by atoms with Crippen LogP contribution < -0.4 is 5.84 Å². The third kappa shape index (κ3) is 1.63. The molecule has 0 aromatic heterocycles. The first-order valence-corrected chi connectivity index (χ1v) is 5.03. The van der Waals surface area contributed by atoms with Gasteiger partial charge in [0.1, 0.15) is 6.10 Å². The van der Waals surface area contributed by atoms with Crippen LogP contribution in [-0.2, 0) is 4.74 Å². The molecule has 0 bridgehead atoms. The largest absolute Gasteiger partial charge is 0.443 e. The van der Waals surface area contributed by atoms with Crippen molar-refractivity contribution in [1.82, 2.24) is 5.01 Å². The number of carbonyl (C=O) groups is 1. The number of rotatable bonds is 0. The number of carbonyl (C=O) groups excluding carboxylic acids is 1. The van der Waals surface area contributed by atoms with E-state index in [0.29, 0.717) is 0 Å². The molecule has 13 heavy (non-hydrogen) atoms. The van der Waals surface area contributed by atoms with Crippen molar-refractivity contribution >= 4 is 6.09 Å². The average molecular weight is 184 g/mol. The molecule has 1 aliphatic carbocycles. The number of hydrogen-bond acceptors (Lipinski definition) is 3. The Balaban J connectivity index is 2.04. The van der Waals surface area contributed by atoms with Crippen LogP contribution in [0.1, 0.15) is 38.5 Å². The first-order valence-electron chi connectivity index (χ1n) is 5.03. The van der Waals surface area contributed by atoms with Gasteiger partial charge in [0.25, 0.3) is 0 Å². The summed E-state index contributed by atoms with van der Waals surface area (Å²) >= 11 is 0. The predicted octanol–water partition coefficient (Wildman–Crippen LogP) is 1.40. The van der Waals surface area contributed by atoms with Crippen LogP contribution in [0.4, 0.5) is 4.79 Å². The molecule has 1 saturated carbocycles. The first kappa shape index (κ1) is 8.81. The number of hydrazine groups is 1. The van der Waals surface area contributed by atoms with Crippen molar-refractivity contribution in [2.24, 2.45) is 5.84 Å². The number of nitrogens with two attached hydrogens (primary N) is 1. The molecule has 2 rings (SSSR count). The van der Waals surface area contributed by atoms with E-state index in [4.69, 9.17) is 10.6 Å². The lowest BCUT2D eigenvalue weighted by atomic mass is 9.95. The van der Waals surface area contributed by atoms with Gasteiger partial charge in [0.05, 0.1) is 6.04 Å². The number of hydrogen-bond donors (Lipinski definition) is 1. The quantitative estimate of drug-likeness (QED) is 0.457. The average Bonchev–Trinajstić information content (AvgIpc) is 2.31. The maximum Gasteiger partial charge on any atom is 0.424 e.